The number of rotatable bonds is 4. The predicted octanol–water partition coefficient (Wildman–Crippen LogP) is 4.60. The van der Waals surface area contributed by atoms with E-state index in [4.69, 9.17) is 0 Å². The topological polar surface area (TPSA) is 12.0 Å². The van der Waals surface area contributed by atoms with Crippen molar-refractivity contribution in [1.82, 2.24) is 5.32 Å². The van der Waals surface area contributed by atoms with E-state index in [-0.39, 0.29) is 5.41 Å². The maximum absolute atomic E-state index is 4.23. The Hall–Kier alpha value is -0.460. The Kier molecular flexibility index (Phi) is 5.10. The van der Waals surface area contributed by atoms with E-state index in [0.717, 1.165) is 0 Å². The van der Waals surface area contributed by atoms with Gasteiger partial charge in [0.25, 0.3) is 0 Å². The van der Waals surface area contributed by atoms with Crippen LogP contribution in [0.5, 0.6) is 0 Å². The number of nitrogens with one attached hydrogen (secondary N) is 1. The molecule has 0 aliphatic rings. The number of hydrogen-bond acceptors (Lipinski definition) is 1. The Labute approximate surface area is 103 Å². The lowest BCUT2D eigenvalue weighted by Crippen LogP contribution is -2.34. The first-order valence-electron chi connectivity index (χ1n) is 6.39. The first-order valence-corrected chi connectivity index (χ1v) is 6.39. The van der Waals surface area contributed by atoms with Gasteiger partial charge in [-0.1, -0.05) is 48.1 Å². The summed E-state index contributed by atoms with van der Waals surface area (Å²) >= 11 is 0. The average molecular weight is 225 g/mol. The van der Waals surface area contributed by atoms with E-state index in [0.29, 0.717) is 17.4 Å². The first-order chi connectivity index (χ1) is 6.93. The zero-order chi connectivity index (χ0) is 13.1. The van der Waals surface area contributed by atoms with E-state index in [2.05, 4.69) is 67.3 Å². The van der Waals surface area contributed by atoms with Gasteiger partial charge in [-0.15, -0.1) is 0 Å². The maximum atomic E-state index is 4.23. The summed E-state index contributed by atoms with van der Waals surface area (Å²) in [6.07, 6.45) is 1.18. The molecule has 1 atom stereocenters. The van der Waals surface area contributed by atoms with E-state index in [1.165, 1.54) is 12.1 Å². The largest absolute Gasteiger partial charge is 0.386 e. The van der Waals surface area contributed by atoms with Crippen LogP contribution >= 0.6 is 0 Å². The van der Waals surface area contributed by atoms with Crippen LogP contribution in [-0.4, -0.2) is 6.04 Å². The van der Waals surface area contributed by atoms with Gasteiger partial charge >= 0.3 is 0 Å². The Morgan fingerprint density at radius 3 is 1.75 bits per heavy atom. The molecular formula is C15H31N. The smallest absolute Gasteiger partial charge is 0.0201 e. The normalized spacial score (nSPS) is 15.1. The molecule has 1 N–H and O–H groups in total. The van der Waals surface area contributed by atoms with Crippen molar-refractivity contribution < 1.29 is 0 Å². The molecule has 0 amide bonds. The molecule has 0 heterocycles. The Bertz CT molecular complexity index is 225. The Morgan fingerprint density at radius 2 is 1.50 bits per heavy atom. The summed E-state index contributed by atoms with van der Waals surface area (Å²) in [5.74, 6) is 0.523. The van der Waals surface area contributed by atoms with Crippen molar-refractivity contribution in [2.45, 2.75) is 67.9 Å². The second-order valence-electron chi connectivity index (χ2n) is 7.51. The quantitative estimate of drug-likeness (QED) is 0.737. The van der Waals surface area contributed by atoms with Crippen molar-refractivity contribution in [2.24, 2.45) is 16.7 Å². The molecule has 0 fully saturated rings. The molecule has 96 valence electrons. The van der Waals surface area contributed by atoms with E-state index in [9.17, 15) is 0 Å². The van der Waals surface area contributed by atoms with Gasteiger partial charge in [0, 0.05) is 17.7 Å². The Morgan fingerprint density at radius 1 is 1.06 bits per heavy atom. The molecule has 0 spiro atoms. The fourth-order valence-electron chi connectivity index (χ4n) is 2.04. The van der Waals surface area contributed by atoms with E-state index < -0.39 is 0 Å². The molecule has 0 bridgehead atoms. The molecule has 0 aliphatic heterocycles. The lowest BCUT2D eigenvalue weighted by atomic mass is 9.71. The van der Waals surface area contributed by atoms with Crippen molar-refractivity contribution in [3.05, 3.63) is 12.3 Å². The summed E-state index contributed by atoms with van der Waals surface area (Å²) in [6, 6.07) is 0.470. The third-order valence-corrected chi connectivity index (χ3v) is 2.76. The van der Waals surface area contributed by atoms with Crippen molar-refractivity contribution in [3.8, 4) is 0 Å². The minimum Gasteiger partial charge on any atom is -0.386 e. The molecule has 1 unspecified atom stereocenters. The zero-order valence-corrected chi connectivity index (χ0v) is 12.6. The molecule has 0 radical (unpaired) electrons. The molecular weight excluding hydrogens is 194 g/mol. The molecule has 16 heavy (non-hydrogen) atoms. The van der Waals surface area contributed by atoms with Gasteiger partial charge < -0.3 is 5.32 Å². The van der Waals surface area contributed by atoms with Crippen LogP contribution in [-0.2, 0) is 0 Å². The van der Waals surface area contributed by atoms with Crippen LogP contribution in [0.2, 0.25) is 0 Å². The minimum atomic E-state index is 0.270. The third-order valence-electron chi connectivity index (χ3n) is 2.76. The van der Waals surface area contributed by atoms with E-state index in [1.807, 2.05) is 0 Å². The molecule has 1 heteroatoms. The van der Waals surface area contributed by atoms with Crippen LogP contribution in [0.1, 0.15) is 61.8 Å². The molecule has 0 saturated carbocycles. The van der Waals surface area contributed by atoms with Crippen LogP contribution in [0.25, 0.3) is 0 Å². The molecule has 0 aromatic rings. The van der Waals surface area contributed by atoms with Crippen LogP contribution in [0, 0.1) is 16.7 Å². The predicted molar refractivity (Wildman–Crippen MR) is 74.4 cm³/mol. The molecule has 0 aromatic heterocycles. The van der Waals surface area contributed by atoms with E-state index in [1.54, 1.807) is 0 Å². The molecule has 0 aromatic carbocycles. The summed E-state index contributed by atoms with van der Waals surface area (Å²) in [6.45, 7) is 22.4. The van der Waals surface area contributed by atoms with E-state index >= 15 is 0 Å². The van der Waals surface area contributed by atoms with Gasteiger partial charge in [0.05, 0.1) is 0 Å². The molecule has 1 nitrogen and oxygen atoms in total. The highest BCUT2D eigenvalue weighted by Gasteiger charge is 2.31. The van der Waals surface area contributed by atoms with Crippen LogP contribution < -0.4 is 5.32 Å². The highest BCUT2D eigenvalue weighted by molar-refractivity contribution is 5.04. The monoisotopic (exact) mass is 225 g/mol. The first kappa shape index (κ1) is 15.5. The zero-order valence-electron chi connectivity index (χ0n) is 12.6. The molecule has 0 rings (SSSR count). The van der Waals surface area contributed by atoms with Crippen molar-refractivity contribution >= 4 is 0 Å². The highest BCUT2D eigenvalue weighted by atomic mass is 14.9. The maximum Gasteiger partial charge on any atom is 0.0201 e. The third kappa shape index (κ3) is 6.19. The minimum absolute atomic E-state index is 0.270. The van der Waals surface area contributed by atoms with Crippen LogP contribution in [0.4, 0.5) is 0 Å². The van der Waals surface area contributed by atoms with Gasteiger partial charge in [0.2, 0.25) is 0 Å². The number of allylic oxidation sites excluding steroid dienone is 1. The lowest BCUT2D eigenvalue weighted by Gasteiger charge is -2.38. The SMILES string of the molecule is C=C(NC(C)C)C(CC(C)(C)C)C(C)(C)C. The van der Waals surface area contributed by atoms with Crippen LogP contribution in [0.15, 0.2) is 12.3 Å². The molecule has 0 aliphatic carbocycles. The fraction of sp³-hybridized carbons (Fsp3) is 0.867. The van der Waals surface area contributed by atoms with Crippen molar-refractivity contribution in [3.63, 3.8) is 0 Å². The summed E-state index contributed by atoms with van der Waals surface area (Å²) in [5.41, 5.74) is 1.81. The summed E-state index contributed by atoms with van der Waals surface area (Å²) < 4.78 is 0. The molecule has 0 saturated heterocycles. The summed E-state index contributed by atoms with van der Waals surface area (Å²) in [5, 5.41) is 3.48. The summed E-state index contributed by atoms with van der Waals surface area (Å²) in [4.78, 5) is 0. The van der Waals surface area contributed by atoms with Crippen molar-refractivity contribution in [2.75, 3.05) is 0 Å². The van der Waals surface area contributed by atoms with Gasteiger partial charge in [0.1, 0.15) is 0 Å². The summed E-state index contributed by atoms with van der Waals surface area (Å²) in [7, 11) is 0. The van der Waals surface area contributed by atoms with Gasteiger partial charge in [0.15, 0.2) is 0 Å². The number of hydrogen-bond donors (Lipinski definition) is 1. The van der Waals surface area contributed by atoms with Crippen molar-refractivity contribution in [1.29, 1.82) is 0 Å². The second kappa shape index (κ2) is 5.25. The second-order valence-corrected chi connectivity index (χ2v) is 7.51. The van der Waals surface area contributed by atoms with Gasteiger partial charge in [-0.3, -0.25) is 0 Å². The van der Waals surface area contributed by atoms with Gasteiger partial charge in [-0.2, -0.15) is 0 Å². The standard InChI is InChI=1S/C15H31N/c1-11(2)16-12(3)13(15(7,8)9)10-14(4,5)6/h11,13,16H,3,10H2,1-2,4-9H3. The Balaban J connectivity index is 4.76. The van der Waals surface area contributed by atoms with Crippen LogP contribution in [0.3, 0.4) is 0 Å². The average Bonchev–Trinajstić information content (AvgIpc) is 1.94. The highest BCUT2D eigenvalue weighted by Crippen LogP contribution is 2.39. The van der Waals surface area contributed by atoms with Gasteiger partial charge in [-0.25, -0.2) is 0 Å². The van der Waals surface area contributed by atoms with Gasteiger partial charge in [-0.05, 0) is 31.1 Å². The lowest BCUT2D eigenvalue weighted by molar-refractivity contribution is 0.187. The fourth-order valence-corrected chi connectivity index (χ4v) is 2.04.